The number of fused-ring (bicyclic) bond motifs is 3. The summed E-state index contributed by atoms with van der Waals surface area (Å²) in [5, 5.41) is 21.7. The molecule has 0 aliphatic heterocycles. The Kier molecular flexibility index (Phi) is 1.88. The van der Waals surface area contributed by atoms with Crippen molar-refractivity contribution in [1.29, 1.82) is 0 Å². The minimum atomic E-state index is -2.03. The summed E-state index contributed by atoms with van der Waals surface area (Å²) >= 11 is 0. The van der Waals surface area contributed by atoms with Gasteiger partial charge in [0, 0.05) is 11.1 Å². The minimum Gasteiger partial charge on any atom is -0.370 e. The summed E-state index contributed by atoms with van der Waals surface area (Å²) in [7, 11) is 0. The van der Waals surface area contributed by atoms with Crippen molar-refractivity contribution in [3.63, 3.8) is 0 Å². The van der Waals surface area contributed by atoms with Crippen LogP contribution in [0.4, 0.5) is 0 Å². The molecule has 3 heteroatoms. The lowest BCUT2D eigenvalue weighted by Crippen LogP contribution is -2.33. The maximum atomic E-state index is 11.3. The van der Waals surface area contributed by atoms with Gasteiger partial charge in [-0.05, 0) is 11.1 Å². The van der Waals surface area contributed by atoms with Crippen molar-refractivity contribution in [2.45, 2.75) is 5.60 Å². The van der Waals surface area contributed by atoms with Crippen LogP contribution < -0.4 is 0 Å². The van der Waals surface area contributed by atoms with Gasteiger partial charge in [0.1, 0.15) is 0 Å². The van der Waals surface area contributed by atoms with Crippen LogP contribution in [0.15, 0.2) is 48.5 Å². The average Bonchev–Trinajstić information content (AvgIpc) is 2.63. The summed E-state index contributed by atoms with van der Waals surface area (Å²) in [6.07, 6.45) is 0. The van der Waals surface area contributed by atoms with Crippen LogP contribution in [0.1, 0.15) is 11.1 Å². The molecule has 1 radical (unpaired) electrons. The van der Waals surface area contributed by atoms with Crippen molar-refractivity contribution >= 4 is 5.97 Å². The molecule has 2 aromatic carbocycles. The minimum absolute atomic E-state index is 0.376. The van der Waals surface area contributed by atoms with Crippen LogP contribution in [0.5, 0.6) is 0 Å². The third kappa shape index (κ3) is 1.11. The molecule has 0 amide bonds. The number of carbonyl (C=O) groups excluding carboxylic acids is 1. The molecule has 0 saturated carbocycles. The molecule has 1 N–H and O–H groups in total. The van der Waals surface area contributed by atoms with Crippen LogP contribution >= 0.6 is 0 Å². The molecule has 0 fully saturated rings. The molecular weight excluding hydrogens is 216 g/mol. The summed E-state index contributed by atoms with van der Waals surface area (Å²) in [5.74, 6) is -1.49. The smallest absolute Gasteiger partial charge is 0.370 e. The number of hydrogen-bond donors (Lipinski definition) is 1. The Morgan fingerprint density at radius 2 is 1.29 bits per heavy atom. The molecular formula is C14H9O3. The van der Waals surface area contributed by atoms with Crippen LogP contribution in [0, 0.1) is 0 Å². The van der Waals surface area contributed by atoms with Gasteiger partial charge in [0.2, 0.25) is 5.60 Å². The standard InChI is InChI=1S/C14H9O3/c15-13(16)14(17)11-7-3-1-5-9(11)10-6-2-4-8-12(10)14/h1-8,17H. The fourth-order valence-corrected chi connectivity index (χ4v) is 2.43. The van der Waals surface area contributed by atoms with Crippen molar-refractivity contribution in [3.05, 3.63) is 59.7 Å². The Balaban J connectivity index is 2.43. The summed E-state index contributed by atoms with van der Waals surface area (Å²) in [6.45, 7) is 0. The van der Waals surface area contributed by atoms with Crippen molar-refractivity contribution in [2.24, 2.45) is 0 Å². The molecule has 0 unspecified atom stereocenters. The van der Waals surface area contributed by atoms with E-state index in [1.807, 2.05) is 12.1 Å². The van der Waals surface area contributed by atoms with Crippen LogP contribution in [0.25, 0.3) is 11.1 Å². The molecule has 3 rings (SSSR count). The fraction of sp³-hybridized carbons (Fsp3) is 0.0714. The molecule has 0 spiro atoms. The Morgan fingerprint density at radius 1 is 0.882 bits per heavy atom. The van der Waals surface area contributed by atoms with E-state index in [1.54, 1.807) is 36.4 Å². The Hall–Kier alpha value is -2.13. The summed E-state index contributed by atoms with van der Waals surface area (Å²) in [5.41, 5.74) is 0.208. The quantitative estimate of drug-likeness (QED) is 0.805. The van der Waals surface area contributed by atoms with E-state index in [9.17, 15) is 15.0 Å². The van der Waals surface area contributed by atoms with Gasteiger partial charge in [-0.3, -0.25) is 0 Å². The number of rotatable bonds is 1. The van der Waals surface area contributed by atoms with E-state index < -0.39 is 11.6 Å². The van der Waals surface area contributed by atoms with Gasteiger partial charge in [-0.2, -0.15) is 0 Å². The molecule has 0 aromatic heterocycles. The van der Waals surface area contributed by atoms with Crippen LogP contribution in [-0.2, 0) is 15.5 Å². The van der Waals surface area contributed by atoms with Crippen molar-refractivity contribution < 1.29 is 15.0 Å². The van der Waals surface area contributed by atoms with Gasteiger partial charge in [0.05, 0.1) is 0 Å². The lowest BCUT2D eigenvalue weighted by atomic mass is 9.92. The van der Waals surface area contributed by atoms with Crippen molar-refractivity contribution in [2.75, 3.05) is 0 Å². The molecule has 1 aliphatic rings. The highest BCUT2D eigenvalue weighted by Gasteiger charge is 2.49. The van der Waals surface area contributed by atoms with Gasteiger partial charge in [-0.25, -0.2) is 9.90 Å². The van der Waals surface area contributed by atoms with E-state index in [2.05, 4.69) is 0 Å². The maximum Gasteiger partial charge on any atom is 0.396 e. The largest absolute Gasteiger partial charge is 0.396 e. The van der Waals surface area contributed by atoms with Gasteiger partial charge in [-0.15, -0.1) is 0 Å². The topological polar surface area (TPSA) is 57.2 Å². The van der Waals surface area contributed by atoms with Gasteiger partial charge in [0.25, 0.3) is 0 Å². The zero-order valence-corrected chi connectivity index (χ0v) is 8.88. The zero-order chi connectivity index (χ0) is 12.0. The van der Waals surface area contributed by atoms with Gasteiger partial charge >= 0.3 is 5.97 Å². The average molecular weight is 225 g/mol. The van der Waals surface area contributed by atoms with Gasteiger partial charge in [0.15, 0.2) is 0 Å². The molecule has 0 atom stereocenters. The normalized spacial score (nSPS) is 15.1. The monoisotopic (exact) mass is 225 g/mol. The van der Waals surface area contributed by atoms with Crippen LogP contribution in [0.2, 0.25) is 0 Å². The van der Waals surface area contributed by atoms with Crippen LogP contribution in [0.3, 0.4) is 0 Å². The lowest BCUT2D eigenvalue weighted by molar-refractivity contribution is -0.161. The highest BCUT2D eigenvalue weighted by molar-refractivity contribution is 5.95. The first kappa shape index (κ1) is 10.1. The number of benzene rings is 2. The molecule has 0 saturated heterocycles. The van der Waals surface area contributed by atoms with E-state index >= 15 is 0 Å². The first-order valence-electron chi connectivity index (χ1n) is 5.29. The van der Waals surface area contributed by atoms with Crippen LogP contribution in [-0.4, -0.2) is 11.1 Å². The van der Waals surface area contributed by atoms with E-state index in [1.165, 1.54) is 0 Å². The van der Waals surface area contributed by atoms with E-state index in [-0.39, 0.29) is 0 Å². The Bertz CT molecular complexity index is 571. The summed E-state index contributed by atoms with van der Waals surface area (Å²) in [4.78, 5) is 11.3. The SMILES string of the molecule is [O]C(=O)C1(O)c2ccccc2-c2ccccc21. The highest BCUT2D eigenvalue weighted by Crippen LogP contribution is 2.47. The first-order chi connectivity index (χ1) is 8.15. The maximum absolute atomic E-state index is 11.3. The molecule has 17 heavy (non-hydrogen) atoms. The molecule has 0 heterocycles. The van der Waals surface area contributed by atoms with Gasteiger partial charge < -0.3 is 5.11 Å². The number of hydrogen-bond acceptors (Lipinski definition) is 2. The van der Waals surface area contributed by atoms with Crippen molar-refractivity contribution in [1.82, 2.24) is 0 Å². The molecule has 83 valence electrons. The molecule has 0 bridgehead atoms. The van der Waals surface area contributed by atoms with E-state index in [0.717, 1.165) is 11.1 Å². The Morgan fingerprint density at radius 3 is 1.71 bits per heavy atom. The molecule has 1 aliphatic carbocycles. The second-order valence-corrected chi connectivity index (χ2v) is 4.09. The predicted octanol–water partition coefficient (Wildman–Crippen LogP) is 1.86. The van der Waals surface area contributed by atoms with E-state index in [0.29, 0.717) is 11.1 Å². The number of aliphatic hydroxyl groups is 1. The van der Waals surface area contributed by atoms with Gasteiger partial charge in [-0.1, -0.05) is 48.5 Å². The predicted molar refractivity (Wildman–Crippen MR) is 60.6 cm³/mol. The lowest BCUT2D eigenvalue weighted by Gasteiger charge is -2.18. The fourth-order valence-electron chi connectivity index (χ4n) is 2.43. The van der Waals surface area contributed by atoms with Crippen molar-refractivity contribution in [3.8, 4) is 11.1 Å². The zero-order valence-electron chi connectivity index (χ0n) is 8.88. The third-order valence-electron chi connectivity index (χ3n) is 3.22. The second-order valence-electron chi connectivity index (χ2n) is 4.09. The molecule has 2 aromatic rings. The third-order valence-corrected chi connectivity index (χ3v) is 3.22. The first-order valence-corrected chi connectivity index (χ1v) is 5.29. The number of carbonyl (C=O) groups is 1. The Labute approximate surface area is 98.0 Å². The highest BCUT2D eigenvalue weighted by atomic mass is 16.4. The van der Waals surface area contributed by atoms with E-state index in [4.69, 9.17) is 0 Å². The molecule has 3 nitrogen and oxygen atoms in total. The summed E-state index contributed by atoms with van der Waals surface area (Å²) < 4.78 is 0. The second kappa shape index (κ2) is 3.18. The summed E-state index contributed by atoms with van der Waals surface area (Å²) in [6, 6.07) is 13.9.